The van der Waals surface area contributed by atoms with Crippen molar-refractivity contribution in [2.24, 2.45) is 0 Å². The second-order valence-corrected chi connectivity index (χ2v) is 13.1. The molecule has 0 bridgehead atoms. The number of pyridine rings is 2. The van der Waals surface area contributed by atoms with Crippen LogP contribution in [0.1, 0.15) is 22.3 Å². The minimum absolute atomic E-state index is 0.251. The van der Waals surface area contributed by atoms with E-state index in [1.54, 1.807) is 65.4 Å². The molecule has 13 heteroatoms. The summed E-state index contributed by atoms with van der Waals surface area (Å²) in [5, 5.41) is 13.6. The summed E-state index contributed by atoms with van der Waals surface area (Å²) in [6.45, 7) is 1.48. The van der Waals surface area contributed by atoms with E-state index in [0.29, 0.717) is 50.2 Å². The van der Waals surface area contributed by atoms with E-state index in [9.17, 15) is 22.7 Å². The molecule has 4 aromatic heterocycles. The summed E-state index contributed by atoms with van der Waals surface area (Å²) in [7, 11) is -0.829. The number of ether oxygens (including phenoxy) is 1. The third-order valence-corrected chi connectivity index (χ3v) is 9.38. The number of aromatic nitrogens is 3. The van der Waals surface area contributed by atoms with Crippen molar-refractivity contribution in [2.45, 2.75) is 13.2 Å². The van der Waals surface area contributed by atoms with E-state index in [-0.39, 0.29) is 29.2 Å². The summed E-state index contributed by atoms with van der Waals surface area (Å²) < 4.78 is 55.7. The zero-order valence-corrected chi connectivity index (χ0v) is 26.0. The molecular weight excluding hydrogens is 613 g/mol. The van der Waals surface area contributed by atoms with Crippen molar-refractivity contribution in [3.8, 4) is 39.7 Å². The highest BCUT2D eigenvalue weighted by atomic mass is 32.2. The van der Waals surface area contributed by atoms with Crippen molar-refractivity contribution in [3.63, 3.8) is 0 Å². The maximum atomic E-state index is 14.9. The highest BCUT2D eigenvalue weighted by Crippen LogP contribution is 2.45. The van der Waals surface area contributed by atoms with Gasteiger partial charge < -0.3 is 24.1 Å². The van der Waals surface area contributed by atoms with Crippen LogP contribution >= 0.6 is 0 Å². The molecule has 11 nitrogen and oxygen atoms in total. The van der Waals surface area contributed by atoms with Crippen molar-refractivity contribution < 1.29 is 31.9 Å². The number of hydrogen-bond acceptors (Lipinski definition) is 8. The van der Waals surface area contributed by atoms with Crippen LogP contribution in [0.15, 0.2) is 71.3 Å². The first-order valence-electron chi connectivity index (χ1n) is 14.3. The Morgan fingerprint density at radius 3 is 2.63 bits per heavy atom. The number of nitrogens with zero attached hydrogens (tertiary/aromatic N) is 4. The van der Waals surface area contributed by atoms with Gasteiger partial charge in [0.25, 0.3) is 5.91 Å². The van der Waals surface area contributed by atoms with E-state index in [1.807, 2.05) is 6.92 Å². The number of halogens is 1. The number of nitrogens with one attached hydrogen (secondary N) is 1. The molecule has 1 atom stereocenters. The number of carbonyl (C=O) groups is 1. The van der Waals surface area contributed by atoms with Gasteiger partial charge in [-0.25, -0.2) is 17.8 Å². The number of furan rings is 1. The topological polar surface area (TPSA) is 140 Å². The van der Waals surface area contributed by atoms with Crippen molar-refractivity contribution in [3.05, 3.63) is 83.9 Å². The van der Waals surface area contributed by atoms with Crippen LogP contribution < -0.4 is 14.4 Å². The van der Waals surface area contributed by atoms with Crippen LogP contribution in [0.25, 0.3) is 55.8 Å². The molecule has 1 aliphatic heterocycles. The van der Waals surface area contributed by atoms with Gasteiger partial charge >= 0.3 is 0 Å². The summed E-state index contributed by atoms with van der Waals surface area (Å²) in [6.07, 6.45) is 1.88. The molecule has 1 amide bonds. The van der Waals surface area contributed by atoms with Gasteiger partial charge in [-0.1, -0.05) is 6.07 Å². The SMILES string of the molecule is CNC(=O)c1c(-c2ccc(C)nc2)oc2cc(N(C)S(C)(=O)=O)c(-c3ccc4c(n3)-c3cc5c(F)cccc5n3C(CO)O4)cc12. The van der Waals surface area contributed by atoms with Gasteiger partial charge in [0.05, 0.1) is 41.0 Å². The van der Waals surface area contributed by atoms with Crippen LogP contribution in [0.2, 0.25) is 0 Å². The van der Waals surface area contributed by atoms with Crippen molar-refractivity contribution in [1.82, 2.24) is 19.9 Å². The Bertz CT molecular complexity index is 2310. The van der Waals surface area contributed by atoms with Gasteiger partial charge in [-0.05, 0) is 55.5 Å². The minimum Gasteiger partial charge on any atom is -0.465 e. The van der Waals surface area contributed by atoms with Gasteiger partial charge in [0.15, 0.2) is 6.23 Å². The first-order chi connectivity index (χ1) is 22.0. The van der Waals surface area contributed by atoms with Crippen LogP contribution in [0.4, 0.5) is 10.1 Å². The van der Waals surface area contributed by atoms with Crippen LogP contribution in [0.3, 0.4) is 0 Å². The fourth-order valence-corrected chi connectivity index (χ4v) is 6.34. The summed E-state index contributed by atoms with van der Waals surface area (Å²) in [6, 6.07) is 16.5. The van der Waals surface area contributed by atoms with E-state index in [1.165, 1.54) is 20.2 Å². The largest absolute Gasteiger partial charge is 0.465 e. The molecule has 2 aromatic carbocycles. The number of benzene rings is 2. The van der Waals surface area contributed by atoms with Crippen molar-refractivity contribution >= 4 is 43.5 Å². The maximum absolute atomic E-state index is 14.9. The number of sulfonamides is 1. The lowest BCUT2D eigenvalue weighted by Crippen LogP contribution is -2.26. The summed E-state index contributed by atoms with van der Waals surface area (Å²) in [4.78, 5) is 22.5. The number of anilines is 1. The first kappa shape index (κ1) is 29.4. The average molecular weight is 642 g/mol. The molecule has 234 valence electrons. The van der Waals surface area contributed by atoms with Gasteiger partial charge in [0, 0.05) is 54.0 Å². The highest BCUT2D eigenvalue weighted by molar-refractivity contribution is 7.92. The maximum Gasteiger partial charge on any atom is 0.255 e. The number of aliphatic hydroxyl groups excluding tert-OH is 1. The van der Waals surface area contributed by atoms with E-state index in [0.717, 1.165) is 16.3 Å². The normalized spacial score (nSPS) is 14.2. The Hall–Kier alpha value is -5.27. The Kier molecular flexibility index (Phi) is 6.83. The lowest BCUT2D eigenvalue weighted by atomic mass is 10.0. The molecule has 0 radical (unpaired) electrons. The number of rotatable bonds is 6. The smallest absolute Gasteiger partial charge is 0.255 e. The van der Waals surface area contributed by atoms with Crippen LogP contribution in [-0.4, -0.2) is 60.9 Å². The Balaban J connectivity index is 1.50. The second-order valence-electron chi connectivity index (χ2n) is 11.0. The first-order valence-corrected chi connectivity index (χ1v) is 16.1. The zero-order valence-electron chi connectivity index (χ0n) is 25.2. The van der Waals surface area contributed by atoms with E-state index >= 15 is 0 Å². The number of aryl methyl sites for hydroxylation is 1. The molecule has 0 fully saturated rings. The molecule has 5 heterocycles. The van der Waals surface area contributed by atoms with Crippen molar-refractivity contribution in [2.75, 3.05) is 31.3 Å². The quantitative estimate of drug-likeness (QED) is 0.251. The van der Waals surface area contributed by atoms with E-state index < -0.39 is 28.0 Å². The monoisotopic (exact) mass is 641 g/mol. The predicted molar refractivity (Wildman–Crippen MR) is 172 cm³/mol. The molecule has 0 saturated carbocycles. The minimum atomic E-state index is -3.76. The fraction of sp³-hybridized carbons (Fsp3) is 0.182. The molecule has 2 N–H and O–H groups in total. The number of carbonyl (C=O) groups excluding carboxylic acids is 1. The molecule has 1 aliphatic rings. The molecule has 1 unspecified atom stereocenters. The van der Waals surface area contributed by atoms with Gasteiger partial charge in [-0.15, -0.1) is 0 Å². The van der Waals surface area contributed by atoms with Gasteiger partial charge in [-0.3, -0.25) is 14.1 Å². The number of amides is 1. The van der Waals surface area contributed by atoms with E-state index in [2.05, 4.69) is 10.3 Å². The number of hydrogen-bond donors (Lipinski definition) is 2. The summed E-state index contributed by atoms with van der Waals surface area (Å²) in [5.74, 6) is -0.197. The molecule has 0 aliphatic carbocycles. The third-order valence-electron chi connectivity index (χ3n) is 8.18. The molecule has 0 saturated heterocycles. The molecule has 7 rings (SSSR count). The van der Waals surface area contributed by atoms with Gasteiger partial charge in [0.1, 0.15) is 28.6 Å². The van der Waals surface area contributed by atoms with Gasteiger partial charge in [-0.2, -0.15) is 0 Å². The number of aliphatic hydroxyl groups is 1. The van der Waals surface area contributed by atoms with Gasteiger partial charge in [0.2, 0.25) is 10.0 Å². The second kappa shape index (κ2) is 10.7. The third kappa shape index (κ3) is 4.58. The molecular formula is C33H28FN5O6S. The molecule has 46 heavy (non-hydrogen) atoms. The highest BCUT2D eigenvalue weighted by Gasteiger charge is 2.31. The van der Waals surface area contributed by atoms with Crippen LogP contribution in [0.5, 0.6) is 5.75 Å². The fourth-order valence-electron chi connectivity index (χ4n) is 5.83. The summed E-state index contributed by atoms with van der Waals surface area (Å²) >= 11 is 0. The lowest BCUT2D eigenvalue weighted by Gasteiger charge is -2.28. The Morgan fingerprint density at radius 1 is 1.13 bits per heavy atom. The zero-order chi connectivity index (χ0) is 32.5. The Morgan fingerprint density at radius 2 is 1.93 bits per heavy atom. The van der Waals surface area contributed by atoms with Crippen LogP contribution in [0, 0.1) is 12.7 Å². The van der Waals surface area contributed by atoms with Crippen molar-refractivity contribution in [1.29, 1.82) is 0 Å². The number of fused-ring (bicyclic) bond motifs is 6. The van der Waals surface area contributed by atoms with E-state index in [4.69, 9.17) is 14.1 Å². The van der Waals surface area contributed by atoms with Crippen LogP contribution in [-0.2, 0) is 10.0 Å². The average Bonchev–Trinajstić information content (AvgIpc) is 3.63. The lowest BCUT2D eigenvalue weighted by molar-refractivity contribution is 0.0609. The Labute approximate surface area is 262 Å². The predicted octanol–water partition coefficient (Wildman–Crippen LogP) is 5.26. The molecule has 0 spiro atoms. The standard InChI is InChI=1S/C33H28FN5O6S/c1-17-8-9-18(15-36-17)32-30(33(41)35-2)21-12-20(25(14-28(21)45-32)38(3)46(4,42)43)23-10-11-27-31(37-23)26-13-19-22(34)6-5-7-24(19)39(26)29(16-40)44-27/h5-15,29,40H,16H2,1-4H3,(H,35,41). The summed E-state index contributed by atoms with van der Waals surface area (Å²) in [5.41, 5.74) is 4.31. The molecule has 6 aromatic rings.